The maximum absolute atomic E-state index is 12.5. The van der Waals surface area contributed by atoms with Crippen molar-refractivity contribution in [3.63, 3.8) is 0 Å². The van der Waals surface area contributed by atoms with Crippen LogP contribution in [0.3, 0.4) is 0 Å². The number of aromatic amines is 1. The molecular weight excluding hydrogens is 276 g/mol. The molecule has 0 saturated heterocycles. The number of nitrogens with zero attached hydrogens (tertiary/aromatic N) is 2. The van der Waals surface area contributed by atoms with Crippen molar-refractivity contribution in [3.8, 4) is 11.3 Å². The van der Waals surface area contributed by atoms with Gasteiger partial charge in [0.15, 0.2) is 0 Å². The predicted molar refractivity (Wildman–Crippen MR) is 88.6 cm³/mol. The molecule has 22 heavy (non-hydrogen) atoms. The minimum Gasteiger partial charge on any atom is -0.340 e. The van der Waals surface area contributed by atoms with E-state index in [-0.39, 0.29) is 11.3 Å². The molecule has 5 heteroatoms. The van der Waals surface area contributed by atoms with Crippen LogP contribution in [0.1, 0.15) is 29.9 Å². The lowest BCUT2D eigenvalue weighted by molar-refractivity contribution is 0.0734. The van der Waals surface area contributed by atoms with Crippen molar-refractivity contribution < 1.29 is 4.79 Å². The van der Waals surface area contributed by atoms with Crippen LogP contribution in [0.2, 0.25) is 0 Å². The zero-order valence-corrected chi connectivity index (χ0v) is 13.7. The second-order valence-corrected chi connectivity index (χ2v) is 6.56. The van der Waals surface area contributed by atoms with Crippen molar-refractivity contribution in [2.24, 2.45) is 11.1 Å². The Morgan fingerprint density at radius 1 is 1.32 bits per heavy atom. The Morgan fingerprint density at radius 3 is 2.55 bits per heavy atom. The summed E-state index contributed by atoms with van der Waals surface area (Å²) < 4.78 is 0. The number of nitrogens with one attached hydrogen (secondary N) is 1. The van der Waals surface area contributed by atoms with Crippen molar-refractivity contribution in [2.75, 3.05) is 20.1 Å². The zero-order valence-electron chi connectivity index (χ0n) is 13.7. The molecule has 0 saturated carbocycles. The molecule has 2 aromatic rings. The van der Waals surface area contributed by atoms with Crippen molar-refractivity contribution in [1.29, 1.82) is 0 Å². The number of hydrogen-bond donors (Lipinski definition) is 2. The summed E-state index contributed by atoms with van der Waals surface area (Å²) in [5.74, 6) is -0.0765. The van der Waals surface area contributed by atoms with Gasteiger partial charge in [-0.05, 0) is 24.9 Å². The summed E-state index contributed by atoms with van der Waals surface area (Å²) in [6.45, 7) is 7.25. The molecule has 0 aliphatic carbocycles. The van der Waals surface area contributed by atoms with E-state index in [4.69, 9.17) is 5.73 Å². The number of aromatic nitrogens is 2. The molecule has 0 aliphatic rings. The summed E-state index contributed by atoms with van der Waals surface area (Å²) in [7, 11) is 1.78. The van der Waals surface area contributed by atoms with Gasteiger partial charge in [-0.2, -0.15) is 5.10 Å². The fourth-order valence-electron chi connectivity index (χ4n) is 2.29. The van der Waals surface area contributed by atoms with Crippen molar-refractivity contribution in [2.45, 2.75) is 20.8 Å². The summed E-state index contributed by atoms with van der Waals surface area (Å²) in [6, 6.07) is 9.85. The van der Waals surface area contributed by atoms with Crippen molar-refractivity contribution in [3.05, 3.63) is 41.6 Å². The molecule has 0 bridgehead atoms. The van der Waals surface area contributed by atoms with Gasteiger partial charge in [0.25, 0.3) is 5.91 Å². The Hall–Kier alpha value is -2.14. The minimum atomic E-state index is -0.107. The average molecular weight is 300 g/mol. The topological polar surface area (TPSA) is 75.0 Å². The highest BCUT2D eigenvalue weighted by Crippen LogP contribution is 2.20. The first-order valence-electron chi connectivity index (χ1n) is 7.40. The van der Waals surface area contributed by atoms with Crippen LogP contribution in [0.4, 0.5) is 0 Å². The second-order valence-electron chi connectivity index (χ2n) is 6.56. The molecule has 1 aromatic heterocycles. The van der Waals surface area contributed by atoms with Gasteiger partial charge in [-0.1, -0.05) is 43.7 Å². The number of hydrogen-bond acceptors (Lipinski definition) is 3. The molecular formula is C17H24N4O. The van der Waals surface area contributed by atoms with Gasteiger partial charge < -0.3 is 10.6 Å². The number of carbonyl (C=O) groups is 1. The molecule has 1 amide bonds. The molecule has 0 aliphatic heterocycles. The van der Waals surface area contributed by atoms with E-state index in [1.54, 1.807) is 18.0 Å². The monoisotopic (exact) mass is 300 g/mol. The number of carbonyl (C=O) groups excluding carboxylic acids is 1. The van der Waals surface area contributed by atoms with Crippen molar-refractivity contribution in [1.82, 2.24) is 15.1 Å². The lowest BCUT2D eigenvalue weighted by Gasteiger charge is -2.28. The number of nitrogens with two attached hydrogens (primary N) is 1. The second kappa shape index (κ2) is 6.32. The molecule has 0 unspecified atom stereocenters. The van der Waals surface area contributed by atoms with E-state index >= 15 is 0 Å². The first-order chi connectivity index (χ1) is 10.3. The molecule has 0 radical (unpaired) electrons. The van der Waals surface area contributed by atoms with Gasteiger partial charge in [-0.3, -0.25) is 9.89 Å². The first-order valence-corrected chi connectivity index (χ1v) is 7.40. The number of benzene rings is 1. The average Bonchev–Trinajstić information content (AvgIpc) is 2.96. The Labute approximate surface area is 131 Å². The molecule has 2 rings (SSSR count). The standard InChI is InChI=1S/C17H24N4O/c1-12-5-7-13(8-6-12)14-9-15(20-19-14)16(22)21(4)11-17(2,3)10-18/h5-9H,10-11,18H2,1-4H3,(H,19,20). The fourth-order valence-corrected chi connectivity index (χ4v) is 2.29. The quantitative estimate of drug-likeness (QED) is 0.890. The lowest BCUT2D eigenvalue weighted by Crippen LogP contribution is -2.39. The van der Waals surface area contributed by atoms with Gasteiger partial charge in [-0.25, -0.2) is 0 Å². The smallest absolute Gasteiger partial charge is 0.271 e. The summed E-state index contributed by atoms with van der Waals surface area (Å²) in [6.07, 6.45) is 0. The van der Waals surface area contributed by atoms with Crippen LogP contribution in [0, 0.1) is 12.3 Å². The Balaban J connectivity index is 2.13. The fraction of sp³-hybridized carbons (Fsp3) is 0.412. The summed E-state index contributed by atoms with van der Waals surface area (Å²) in [5, 5.41) is 7.07. The normalized spacial score (nSPS) is 11.5. The molecule has 0 atom stereocenters. The summed E-state index contributed by atoms with van der Waals surface area (Å²) in [5.41, 5.74) is 9.07. The van der Waals surface area contributed by atoms with Crippen LogP contribution in [-0.4, -0.2) is 41.1 Å². The van der Waals surface area contributed by atoms with Gasteiger partial charge in [0.05, 0.1) is 5.69 Å². The molecule has 1 heterocycles. The van der Waals surface area contributed by atoms with E-state index in [0.29, 0.717) is 18.8 Å². The first kappa shape index (κ1) is 16.2. The maximum atomic E-state index is 12.5. The molecule has 5 nitrogen and oxygen atoms in total. The van der Waals surface area contributed by atoms with Crippen LogP contribution in [0.25, 0.3) is 11.3 Å². The van der Waals surface area contributed by atoms with Crippen LogP contribution < -0.4 is 5.73 Å². The van der Waals surface area contributed by atoms with E-state index in [2.05, 4.69) is 10.2 Å². The molecule has 0 spiro atoms. The Morgan fingerprint density at radius 2 is 1.95 bits per heavy atom. The SMILES string of the molecule is Cc1ccc(-c2cc(C(=O)N(C)CC(C)(C)CN)[nH]n2)cc1. The zero-order chi connectivity index (χ0) is 16.3. The number of aryl methyl sites for hydroxylation is 1. The van der Waals surface area contributed by atoms with Gasteiger partial charge >= 0.3 is 0 Å². The molecule has 118 valence electrons. The maximum Gasteiger partial charge on any atom is 0.271 e. The van der Waals surface area contributed by atoms with Gasteiger partial charge in [0.1, 0.15) is 5.69 Å². The van der Waals surface area contributed by atoms with Crippen molar-refractivity contribution >= 4 is 5.91 Å². The molecule has 1 aromatic carbocycles. The highest BCUT2D eigenvalue weighted by atomic mass is 16.2. The molecule has 0 fully saturated rings. The number of amides is 1. The third kappa shape index (κ3) is 3.74. The predicted octanol–water partition coefficient (Wildman–Crippen LogP) is 2.44. The summed E-state index contributed by atoms with van der Waals surface area (Å²) >= 11 is 0. The van der Waals surface area contributed by atoms with Crippen LogP contribution in [0.5, 0.6) is 0 Å². The third-order valence-electron chi connectivity index (χ3n) is 3.72. The highest BCUT2D eigenvalue weighted by molar-refractivity contribution is 5.93. The van der Waals surface area contributed by atoms with Crippen LogP contribution in [0.15, 0.2) is 30.3 Å². The molecule has 3 N–H and O–H groups in total. The van der Waals surface area contributed by atoms with E-state index in [9.17, 15) is 4.79 Å². The Kier molecular flexibility index (Phi) is 4.66. The minimum absolute atomic E-state index is 0.0765. The van der Waals surface area contributed by atoms with E-state index in [1.165, 1.54) is 5.56 Å². The van der Waals surface area contributed by atoms with E-state index < -0.39 is 0 Å². The highest BCUT2D eigenvalue weighted by Gasteiger charge is 2.23. The van der Waals surface area contributed by atoms with E-state index in [0.717, 1.165) is 11.3 Å². The Bertz CT molecular complexity index is 643. The number of rotatable bonds is 5. The number of H-pyrrole nitrogens is 1. The lowest BCUT2D eigenvalue weighted by atomic mass is 9.93. The third-order valence-corrected chi connectivity index (χ3v) is 3.72. The van der Waals surface area contributed by atoms with Crippen LogP contribution >= 0.6 is 0 Å². The van der Waals surface area contributed by atoms with Gasteiger partial charge in [-0.15, -0.1) is 0 Å². The summed E-state index contributed by atoms with van der Waals surface area (Å²) in [4.78, 5) is 14.1. The van der Waals surface area contributed by atoms with E-state index in [1.807, 2.05) is 45.0 Å². The van der Waals surface area contributed by atoms with Crippen LogP contribution in [-0.2, 0) is 0 Å². The largest absolute Gasteiger partial charge is 0.340 e. The van der Waals surface area contributed by atoms with Gasteiger partial charge in [0, 0.05) is 19.2 Å². The van der Waals surface area contributed by atoms with Gasteiger partial charge in [0.2, 0.25) is 0 Å².